The summed E-state index contributed by atoms with van der Waals surface area (Å²) in [5.41, 5.74) is 0.407. The number of alkyl halides is 3. The van der Waals surface area contributed by atoms with Crippen LogP contribution in [0.4, 0.5) is 13.2 Å². The zero-order valence-electron chi connectivity index (χ0n) is 9.05. The first-order chi connectivity index (χ1) is 7.98. The molecule has 1 nitrogen and oxygen atoms in total. The third-order valence-electron chi connectivity index (χ3n) is 3.89. The molecule has 1 aromatic carbocycles. The minimum absolute atomic E-state index is 0.136. The molecule has 17 heavy (non-hydrogen) atoms. The lowest BCUT2D eigenvalue weighted by Crippen LogP contribution is -2.25. The van der Waals surface area contributed by atoms with Crippen molar-refractivity contribution in [2.24, 2.45) is 5.92 Å². The lowest BCUT2D eigenvalue weighted by Gasteiger charge is -2.25. The van der Waals surface area contributed by atoms with E-state index in [-0.39, 0.29) is 24.0 Å². The molecule has 90 valence electrons. The van der Waals surface area contributed by atoms with E-state index in [4.69, 9.17) is 0 Å². The smallest absolute Gasteiger partial charge is 0.299 e. The molecular weight excluding hydrogens is 229 g/mol. The van der Waals surface area contributed by atoms with Gasteiger partial charge in [-0.05, 0) is 36.5 Å². The summed E-state index contributed by atoms with van der Waals surface area (Å²) < 4.78 is 38.6. The van der Waals surface area contributed by atoms with Gasteiger partial charge in [0.2, 0.25) is 0 Å². The van der Waals surface area contributed by atoms with Crippen LogP contribution in [0.5, 0.6) is 0 Å². The Kier molecular flexibility index (Phi) is 2.12. The van der Waals surface area contributed by atoms with Gasteiger partial charge in [-0.3, -0.25) is 4.79 Å². The zero-order chi connectivity index (χ0) is 12.2. The number of ketones is 1. The number of Topliss-reactive ketones (excluding diaryl/α,β-unsaturated/α-hetero) is 1. The molecule has 0 aliphatic heterocycles. The minimum Gasteiger partial charge on any atom is -0.299 e. The number of benzene rings is 1. The number of hydrogen-bond acceptors (Lipinski definition) is 1. The van der Waals surface area contributed by atoms with Gasteiger partial charge >= 0.3 is 6.18 Å². The van der Waals surface area contributed by atoms with Crippen molar-refractivity contribution >= 4 is 5.78 Å². The molecule has 3 rings (SSSR count). The van der Waals surface area contributed by atoms with Gasteiger partial charge in [0.1, 0.15) is 5.78 Å². The van der Waals surface area contributed by atoms with Crippen LogP contribution in [0, 0.1) is 5.92 Å². The van der Waals surface area contributed by atoms with Gasteiger partial charge in [0.25, 0.3) is 0 Å². The Morgan fingerprint density at radius 2 is 1.94 bits per heavy atom. The van der Waals surface area contributed by atoms with Crippen LogP contribution in [0.15, 0.2) is 18.2 Å². The Labute approximate surface area is 96.6 Å². The summed E-state index contributed by atoms with van der Waals surface area (Å²) in [6, 6.07) is 4.20. The third-order valence-corrected chi connectivity index (χ3v) is 3.89. The molecule has 1 fully saturated rings. The minimum atomic E-state index is -4.31. The summed E-state index contributed by atoms with van der Waals surface area (Å²) in [6.45, 7) is 0. The van der Waals surface area contributed by atoms with Gasteiger partial charge in [-0.1, -0.05) is 12.1 Å². The average molecular weight is 240 g/mol. The summed E-state index contributed by atoms with van der Waals surface area (Å²) in [7, 11) is 0. The number of carbonyl (C=O) groups is 1. The normalized spacial score (nSPS) is 27.1. The van der Waals surface area contributed by atoms with Crippen LogP contribution in [-0.4, -0.2) is 5.78 Å². The van der Waals surface area contributed by atoms with E-state index in [0.717, 1.165) is 12.5 Å². The van der Waals surface area contributed by atoms with E-state index in [1.165, 1.54) is 6.07 Å². The van der Waals surface area contributed by atoms with E-state index >= 15 is 0 Å². The van der Waals surface area contributed by atoms with Crippen molar-refractivity contribution in [2.75, 3.05) is 0 Å². The quantitative estimate of drug-likeness (QED) is 0.679. The highest BCUT2D eigenvalue weighted by molar-refractivity contribution is 5.92. The summed E-state index contributed by atoms with van der Waals surface area (Å²) >= 11 is 0. The standard InChI is InChI=1S/C13H11F3O/c14-13(15,16)11-3-1-2-8-9-5-4-7(12(9)17)6-10(8)11/h1-3,7,9H,4-6H2/t7-,9-/m0/s1. The second kappa shape index (κ2) is 3.34. The maximum Gasteiger partial charge on any atom is 0.416 e. The lowest BCUT2D eigenvalue weighted by molar-refractivity contribution is -0.139. The average Bonchev–Trinajstić information content (AvgIpc) is 2.51. The van der Waals surface area contributed by atoms with Gasteiger partial charge in [0.05, 0.1) is 5.56 Å². The fourth-order valence-electron chi connectivity index (χ4n) is 3.12. The van der Waals surface area contributed by atoms with Gasteiger partial charge in [-0.15, -0.1) is 0 Å². The van der Waals surface area contributed by atoms with Crippen LogP contribution in [0.25, 0.3) is 0 Å². The van der Waals surface area contributed by atoms with Crippen molar-refractivity contribution < 1.29 is 18.0 Å². The Hall–Kier alpha value is -1.32. The second-order valence-corrected chi connectivity index (χ2v) is 4.80. The topological polar surface area (TPSA) is 17.1 Å². The molecule has 2 aliphatic rings. The Morgan fingerprint density at radius 1 is 1.18 bits per heavy atom. The van der Waals surface area contributed by atoms with Crippen molar-refractivity contribution in [3.63, 3.8) is 0 Å². The first-order valence-corrected chi connectivity index (χ1v) is 5.71. The SMILES string of the molecule is O=C1[C@H]2CC[C@H]1c1cccc(C(F)(F)F)c1C2. The predicted molar refractivity (Wildman–Crippen MR) is 55.6 cm³/mol. The highest BCUT2D eigenvalue weighted by Crippen LogP contribution is 2.46. The first-order valence-electron chi connectivity index (χ1n) is 5.71. The summed E-state index contributed by atoms with van der Waals surface area (Å²) in [5, 5.41) is 0. The van der Waals surface area contributed by atoms with Crippen LogP contribution < -0.4 is 0 Å². The van der Waals surface area contributed by atoms with Crippen molar-refractivity contribution in [3.8, 4) is 0 Å². The monoisotopic (exact) mass is 240 g/mol. The molecule has 0 saturated heterocycles. The van der Waals surface area contributed by atoms with Gasteiger partial charge in [0.15, 0.2) is 0 Å². The van der Waals surface area contributed by atoms with Crippen molar-refractivity contribution in [3.05, 3.63) is 34.9 Å². The maximum atomic E-state index is 12.9. The molecule has 4 heteroatoms. The number of halogens is 3. The van der Waals surface area contributed by atoms with Gasteiger partial charge < -0.3 is 0 Å². The maximum absolute atomic E-state index is 12.9. The van der Waals surface area contributed by atoms with Crippen LogP contribution in [-0.2, 0) is 17.4 Å². The number of fused-ring (bicyclic) bond motifs is 4. The summed E-state index contributed by atoms with van der Waals surface area (Å²) in [5.74, 6) is -0.334. The number of hydrogen-bond donors (Lipinski definition) is 0. The first kappa shape index (κ1) is 10.8. The Bertz CT molecular complexity index is 490. The molecule has 0 aromatic heterocycles. The fraction of sp³-hybridized carbons (Fsp3) is 0.462. The highest BCUT2D eigenvalue weighted by atomic mass is 19.4. The van der Waals surface area contributed by atoms with E-state index in [0.29, 0.717) is 17.5 Å². The second-order valence-electron chi connectivity index (χ2n) is 4.80. The van der Waals surface area contributed by atoms with Crippen molar-refractivity contribution in [1.82, 2.24) is 0 Å². The molecule has 0 heterocycles. The summed E-state index contributed by atoms with van der Waals surface area (Å²) in [6.07, 6.45) is -2.61. The number of carbonyl (C=O) groups excluding carboxylic acids is 1. The number of rotatable bonds is 0. The van der Waals surface area contributed by atoms with E-state index in [1.807, 2.05) is 0 Å². The van der Waals surface area contributed by atoms with Crippen LogP contribution >= 0.6 is 0 Å². The Morgan fingerprint density at radius 3 is 2.65 bits per heavy atom. The van der Waals surface area contributed by atoms with E-state index in [9.17, 15) is 18.0 Å². The van der Waals surface area contributed by atoms with Crippen LogP contribution in [0.1, 0.15) is 35.4 Å². The fourth-order valence-corrected chi connectivity index (χ4v) is 3.12. The van der Waals surface area contributed by atoms with Crippen LogP contribution in [0.2, 0.25) is 0 Å². The molecule has 1 saturated carbocycles. The Balaban J connectivity index is 2.18. The molecule has 2 aliphatic carbocycles. The van der Waals surface area contributed by atoms with E-state index < -0.39 is 11.7 Å². The molecular formula is C13H11F3O. The van der Waals surface area contributed by atoms with Gasteiger partial charge in [0, 0.05) is 11.8 Å². The zero-order valence-corrected chi connectivity index (χ0v) is 9.05. The van der Waals surface area contributed by atoms with Crippen LogP contribution in [0.3, 0.4) is 0 Å². The molecule has 1 aromatic rings. The third kappa shape index (κ3) is 1.50. The molecule has 2 atom stereocenters. The van der Waals surface area contributed by atoms with E-state index in [2.05, 4.69) is 0 Å². The summed E-state index contributed by atoms with van der Waals surface area (Å²) in [4.78, 5) is 11.8. The molecule has 2 bridgehead atoms. The molecule has 0 amide bonds. The molecule has 0 radical (unpaired) electrons. The van der Waals surface area contributed by atoms with E-state index in [1.54, 1.807) is 6.07 Å². The lowest BCUT2D eigenvalue weighted by atomic mass is 9.80. The van der Waals surface area contributed by atoms with Crippen molar-refractivity contribution in [1.29, 1.82) is 0 Å². The van der Waals surface area contributed by atoms with Gasteiger partial charge in [-0.2, -0.15) is 13.2 Å². The molecule has 0 unspecified atom stereocenters. The molecule has 0 spiro atoms. The largest absolute Gasteiger partial charge is 0.416 e. The molecule has 0 N–H and O–H groups in total. The van der Waals surface area contributed by atoms with Crippen molar-refractivity contribution in [2.45, 2.75) is 31.4 Å². The predicted octanol–water partition coefficient (Wildman–Crippen LogP) is 3.32. The highest BCUT2D eigenvalue weighted by Gasteiger charge is 2.44. The van der Waals surface area contributed by atoms with Gasteiger partial charge in [-0.25, -0.2) is 0 Å².